The van der Waals surface area contributed by atoms with Crippen molar-refractivity contribution in [1.29, 1.82) is 0 Å². The van der Waals surface area contributed by atoms with Crippen LogP contribution in [0.5, 0.6) is 0 Å². The highest BCUT2D eigenvalue weighted by Crippen LogP contribution is 2.42. The van der Waals surface area contributed by atoms with Crippen LogP contribution in [0.1, 0.15) is 36.5 Å². The van der Waals surface area contributed by atoms with E-state index >= 15 is 0 Å². The molecule has 0 bridgehead atoms. The number of benzene rings is 1. The fourth-order valence-electron chi connectivity index (χ4n) is 2.67. The van der Waals surface area contributed by atoms with Gasteiger partial charge in [0.25, 0.3) is 0 Å². The van der Waals surface area contributed by atoms with Gasteiger partial charge in [0.2, 0.25) is 5.89 Å². The van der Waals surface area contributed by atoms with Gasteiger partial charge in [-0.05, 0) is 42.5 Å². The van der Waals surface area contributed by atoms with Crippen LogP contribution in [0.2, 0.25) is 5.02 Å². The highest BCUT2D eigenvalue weighted by Gasteiger charge is 2.37. The third-order valence-electron chi connectivity index (χ3n) is 4.16. The molecular formula is C15H18ClN3O. The SMILES string of the molecule is NCC1(Cc2nc(Cc3ccc(Cl)cc3)no2)CCC1. The van der Waals surface area contributed by atoms with Crippen molar-refractivity contribution in [3.05, 3.63) is 46.6 Å². The molecule has 0 amide bonds. The number of hydrogen-bond acceptors (Lipinski definition) is 4. The van der Waals surface area contributed by atoms with Gasteiger partial charge in [-0.25, -0.2) is 0 Å². The van der Waals surface area contributed by atoms with Crippen LogP contribution in [0, 0.1) is 5.41 Å². The lowest BCUT2D eigenvalue weighted by Gasteiger charge is -2.39. The zero-order valence-electron chi connectivity index (χ0n) is 11.3. The normalized spacial score (nSPS) is 16.9. The molecule has 4 nitrogen and oxygen atoms in total. The van der Waals surface area contributed by atoms with Crippen LogP contribution >= 0.6 is 11.6 Å². The molecule has 2 N–H and O–H groups in total. The van der Waals surface area contributed by atoms with Crippen molar-refractivity contribution in [2.24, 2.45) is 11.1 Å². The predicted molar refractivity (Wildman–Crippen MR) is 77.6 cm³/mol. The molecule has 2 aromatic rings. The van der Waals surface area contributed by atoms with Crippen LogP contribution in [-0.2, 0) is 12.8 Å². The Hall–Kier alpha value is -1.39. The monoisotopic (exact) mass is 291 g/mol. The lowest BCUT2D eigenvalue weighted by atomic mass is 9.67. The van der Waals surface area contributed by atoms with Crippen LogP contribution in [-0.4, -0.2) is 16.7 Å². The Kier molecular flexibility index (Phi) is 3.76. The van der Waals surface area contributed by atoms with Crippen molar-refractivity contribution >= 4 is 11.6 Å². The fraction of sp³-hybridized carbons (Fsp3) is 0.467. The smallest absolute Gasteiger partial charge is 0.227 e. The van der Waals surface area contributed by atoms with E-state index in [1.54, 1.807) is 0 Å². The second-order valence-electron chi connectivity index (χ2n) is 5.64. The molecule has 0 unspecified atom stereocenters. The second-order valence-corrected chi connectivity index (χ2v) is 6.08. The van der Waals surface area contributed by atoms with Gasteiger partial charge in [-0.1, -0.05) is 35.3 Å². The Morgan fingerprint density at radius 3 is 2.60 bits per heavy atom. The molecule has 0 radical (unpaired) electrons. The standard InChI is InChI=1S/C15H18ClN3O/c16-12-4-2-11(3-5-12)8-13-18-14(20-19-13)9-15(10-17)6-1-7-15/h2-5H,1,6-10,17H2. The number of nitrogens with two attached hydrogens (primary N) is 1. The molecule has 1 fully saturated rings. The lowest BCUT2D eigenvalue weighted by Crippen LogP contribution is -2.39. The summed E-state index contributed by atoms with van der Waals surface area (Å²) in [6.07, 6.45) is 5.05. The van der Waals surface area contributed by atoms with Gasteiger partial charge in [-0.2, -0.15) is 4.98 Å². The van der Waals surface area contributed by atoms with E-state index in [0.29, 0.717) is 24.7 Å². The van der Waals surface area contributed by atoms with Crippen LogP contribution in [0.4, 0.5) is 0 Å². The summed E-state index contributed by atoms with van der Waals surface area (Å²) in [4.78, 5) is 4.48. The van der Waals surface area contributed by atoms with Crippen molar-refractivity contribution in [1.82, 2.24) is 10.1 Å². The zero-order valence-corrected chi connectivity index (χ0v) is 12.1. The average molecular weight is 292 g/mol. The number of aromatic nitrogens is 2. The summed E-state index contributed by atoms with van der Waals surface area (Å²) in [5.74, 6) is 1.42. The molecule has 1 aromatic carbocycles. The molecule has 106 valence electrons. The van der Waals surface area contributed by atoms with Gasteiger partial charge in [-0.3, -0.25) is 0 Å². The highest BCUT2D eigenvalue weighted by molar-refractivity contribution is 6.30. The molecule has 1 aliphatic rings. The van der Waals surface area contributed by atoms with Gasteiger partial charge in [0.1, 0.15) is 0 Å². The van der Waals surface area contributed by atoms with E-state index in [0.717, 1.165) is 17.0 Å². The summed E-state index contributed by atoms with van der Waals surface area (Å²) in [6.45, 7) is 0.696. The molecule has 0 atom stereocenters. The largest absolute Gasteiger partial charge is 0.339 e. The van der Waals surface area contributed by atoms with Crippen molar-refractivity contribution in [3.8, 4) is 0 Å². The number of nitrogens with zero attached hydrogens (tertiary/aromatic N) is 2. The first-order valence-electron chi connectivity index (χ1n) is 6.95. The minimum atomic E-state index is 0.198. The molecule has 3 rings (SSSR count). The summed E-state index contributed by atoms with van der Waals surface area (Å²) >= 11 is 5.87. The summed E-state index contributed by atoms with van der Waals surface area (Å²) in [6, 6.07) is 7.70. The van der Waals surface area contributed by atoms with Gasteiger partial charge in [0.15, 0.2) is 5.82 Å². The van der Waals surface area contributed by atoms with E-state index in [2.05, 4.69) is 10.1 Å². The first-order valence-corrected chi connectivity index (χ1v) is 7.33. The molecule has 0 aliphatic heterocycles. The number of halogens is 1. The molecule has 1 saturated carbocycles. The maximum absolute atomic E-state index is 5.87. The molecular weight excluding hydrogens is 274 g/mol. The average Bonchev–Trinajstić information content (AvgIpc) is 2.84. The summed E-state index contributed by atoms with van der Waals surface area (Å²) in [5, 5.41) is 4.78. The minimum absolute atomic E-state index is 0.198. The van der Waals surface area contributed by atoms with Crippen LogP contribution < -0.4 is 5.73 Å². The Labute approximate surface area is 123 Å². The zero-order chi connectivity index (χ0) is 14.0. The Morgan fingerprint density at radius 1 is 1.25 bits per heavy atom. The Morgan fingerprint density at radius 2 is 2.00 bits per heavy atom. The van der Waals surface area contributed by atoms with Crippen molar-refractivity contribution < 1.29 is 4.52 Å². The van der Waals surface area contributed by atoms with E-state index < -0.39 is 0 Å². The molecule has 0 spiro atoms. The van der Waals surface area contributed by atoms with Crippen molar-refractivity contribution in [2.45, 2.75) is 32.1 Å². The molecule has 1 heterocycles. The van der Waals surface area contributed by atoms with Crippen LogP contribution in [0.15, 0.2) is 28.8 Å². The first-order chi connectivity index (χ1) is 9.69. The lowest BCUT2D eigenvalue weighted by molar-refractivity contribution is 0.129. The van der Waals surface area contributed by atoms with Gasteiger partial charge in [-0.15, -0.1) is 0 Å². The van der Waals surface area contributed by atoms with Gasteiger partial charge in [0, 0.05) is 17.9 Å². The summed E-state index contributed by atoms with van der Waals surface area (Å²) in [5.41, 5.74) is 7.18. The fourth-order valence-corrected chi connectivity index (χ4v) is 2.80. The molecule has 1 aromatic heterocycles. The molecule has 5 heteroatoms. The predicted octanol–water partition coefficient (Wildman–Crippen LogP) is 2.99. The van der Waals surface area contributed by atoms with E-state index in [1.165, 1.54) is 19.3 Å². The first kappa shape index (κ1) is 13.6. The Bertz CT molecular complexity index is 570. The quantitative estimate of drug-likeness (QED) is 0.920. The van der Waals surface area contributed by atoms with Gasteiger partial charge >= 0.3 is 0 Å². The highest BCUT2D eigenvalue weighted by atomic mass is 35.5. The van der Waals surface area contributed by atoms with E-state index in [-0.39, 0.29) is 5.41 Å². The van der Waals surface area contributed by atoms with Crippen LogP contribution in [0.3, 0.4) is 0 Å². The maximum atomic E-state index is 5.87. The minimum Gasteiger partial charge on any atom is -0.339 e. The van der Waals surface area contributed by atoms with Crippen molar-refractivity contribution in [3.63, 3.8) is 0 Å². The van der Waals surface area contributed by atoms with E-state index in [9.17, 15) is 0 Å². The summed E-state index contributed by atoms with van der Waals surface area (Å²) in [7, 11) is 0. The van der Waals surface area contributed by atoms with Crippen molar-refractivity contribution in [2.75, 3.05) is 6.54 Å². The molecule has 0 saturated heterocycles. The Balaban J connectivity index is 1.66. The van der Waals surface area contributed by atoms with Gasteiger partial charge < -0.3 is 10.3 Å². The van der Waals surface area contributed by atoms with E-state index in [4.69, 9.17) is 21.9 Å². The van der Waals surface area contributed by atoms with Gasteiger partial charge in [0.05, 0.1) is 0 Å². The number of rotatable bonds is 5. The molecule has 20 heavy (non-hydrogen) atoms. The second kappa shape index (κ2) is 5.54. The molecule has 1 aliphatic carbocycles. The third-order valence-corrected chi connectivity index (χ3v) is 4.41. The maximum Gasteiger partial charge on any atom is 0.227 e. The summed E-state index contributed by atoms with van der Waals surface area (Å²) < 4.78 is 5.35. The topological polar surface area (TPSA) is 64.9 Å². The van der Waals surface area contributed by atoms with E-state index in [1.807, 2.05) is 24.3 Å². The third kappa shape index (κ3) is 2.86. The van der Waals surface area contributed by atoms with Crippen LogP contribution in [0.25, 0.3) is 0 Å². The number of hydrogen-bond donors (Lipinski definition) is 1.